The van der Waals surface area contributed by atoms with Gasteiger partial charge in [-0.2, -0.15) is 0 Å². The zero-order valence-electron chi connectivity index (χ0n) is 9.87. The highest BCUT2D eigenvalue weighted by Gasteiger charge is 2.25. The van der Waals surface area contributed by atoms with E-state index < -0.39 is 0 Å². The number of hydrogen-bond acceptors (Lipinski definition) is 3. The van der Waals surface area contributed by atoms with Gasteiger partial charge in [0.15, 0.2) is 0 Å². The molecule has 16 heavy (non-hydrogen) atoms. The summed E-state index contributed by atoms with van der Waals surface area (Å²) < 4.78 is 0. The van der Waals surface area contributed by atoms with Gasteiger partial charge in [0, 0.05) is 17.3 Å². The molecule has 0 amide bonds. The predicted molar refractivity (Wildman–Crippen MR) is 64.5 cm³/mol. The Morgan fingerprint density at radius 1 is 1.25 bits per heavy atom. The van der Waals surface area contributed by atoms with Gasteiger partial charge in [0.2, 0.25) is 0 Å². The quantitative estimate of drug-likeness (QED) is 0.845. The van der Waals surface area contributed by atoms with E-state index in [1.54, 1.807) is 6.33 Å². The Bertz CT molecular complexity index is 385. The van der Waals surface area contributed by atoms with Crippen LogP contribution < -0.4 is 5.32 Å². The molecule has 1 N–H and O–H groups in total. The maximum absolute atomic E-state index is 4.41. The van der Waals surface area contributed by atoms with Crippen LogP contribution in [0.2, 0.25) is 0 Å². The molecule has 0 saturated heterocycles. The van der Waals surface area contributed by atoms with E-state index in [1.165, 1.54) is 36.9 Å². The standard InChI is InChI=1S/C13H19N3/c1-9(10-4-2-5-10)16-13-11-6-3-7-12(11)14-8-15-13/h8-10H,2-7H2,1H3,(H,14,15,16). The van der Waals surface area contributed by atoms with Gasteiger partial charge in [-0.05, 0) is 44.9 Å². The van der Waals surface area contributed by atoms with Crippen molar-refractivity contribution in [1.29, 1.82) is 0 Å². The normalized spacial score (nSPS) is 21.3. The molecule has 1 fully saturated rings. The number of nitrogens with zero attached hydrogens (tertiary/aromatic N) is 2. The van der Waals surface area contributed by atoms with Gasteiger partial charge in [0.25, 0.3) is 0 Å². The molecule has 0 aliphatic heterocycles. The Morgan fingerprint density at radius 2 is 2.12 bits per heavy atom. The number of hydrogen-bond donors (Lipinski definition) is 1. The minimum absolute atomic E-state index is 0.563. The van der Waals surface area contributed by atoms with Gasteiger partial charge >= 0.3 is 0 Å². The largest absolute Gasteiger partial charge is 0.367 e. The highest BCUT2D eigenvalue weighted by molar-refractivity contribution is 5.48. The van der Waals surface area contributed by atoms with E-state index in [9.17, 15) is 0 Å². The van der Waals surface area contributed by atoms with Crippen LogP contribution >= 0.6 is 0 Å². The first-order valence-corrected chi connectivity index (χ1v) is 6.44. The second kappa shape index (κ2) is 4.04. The summed E-state index contributed by atoms with van der Waals surface area (Å²) in [6, 6.07) is 0.563. The maximum Gasteiger partial charge on any atom is 0.133 e. The molecule has 1 unspecified atom stereocenters. The van der Waals surface area contributed by atoms with Crippen LogP contribution in [0.3, 0.4) is 0 Å². The van der Waals surface area contributed by atoms with E-state index >= 15 is 0 Å². The highest BCUT2D eigenvalue weighted by atomic mass is 15.0. The van der Waals surface area contributed by atoms with Crippen LogP contribution in [0.5, 0.6) is 0 Å². The third kappa shape index (κ3) is 1.68. The van der Waals surface area contributed by atoms with E-state index in [4.69, 9.17) is 0 Å². The Hall–Kier alpha value is -1.12. The summed E-state index contributed by atoms with van der Waals surface area (Å²) in [5.41, 5.74) is 2.63. The molecule has 0 spiro atoms. The Kier molecular flexibility index (Phi) is 2.54. The molecular weight excluding hydrogens is 198 g/mol. The fourth-order valence-electron chi connectivity index (χ4n) is 2.76. The van der Waals surface area contributed by atoms with Crippen molar-refractivity contribution in [3.8, 4) is 0 Å². The molecular formula is C13H19N3. The Morgan fingerprint density at radius 3 is 2.88 bits per heavy atom. The van der Waals surface area contributed by atoms with Gasteiger partial charge in [-0.25, -0.2) is 9.97 Å². The fraction of sp³-hybridized carbons (Fsp3) is 0.692. The lowest BCUT2D eigenvalue weighted by molar-refractivity contribution is 0.285. The third-order valence-electron chi connectivity index (χ3n) is 4.10. The molecule has 1 aromatic rings. The van der Waals surface area contributed by atoms with E-state index in [2.05, 4.69) is 22.2 Å². The van der Waals surface area contributed by atoms with Gasteiger partial charge in [0.05, 0.1) is 0 Å². The summed E-state index contributed by atoms with van der Waals surface area (Å²) in [5, 5.41) is 3.59. The van der Waals surface area contributed by atoms with E-state index in [1.807, 2.05) is 0 Å². The number of rotatable bonds is 3. The smallest absolute Gasteiger partial charge is 0.133 e. The molecule has 0 bridgehead atoms. The van der Waals surface area contributed by atoms with Crippen LogP contribution in [0, 0.1) is 5.92 Å². The topological polar surface area (TPSA) is 37.8 Å². The molecule has 3 heteroatoms. The van der Waals surface area contributed by atoms with E-state index in [0.29, 0.717) is 6.04 Å². The molecule has 0 aromatic carbocycles. The summed E-state index contributed by atoms with van der Waals surface area (Å²) in [7, 11) is 0. The van der Waals surface area contributed by atoms with Crippen molar-refractivity contribution in [1.82, 2.24) is 9.97 Å². The van der Waals surface area contributed by atoms with Crippen LogP contribution in [0.4, 0.5) is 5.82 Å². The number of nitrogens with one attached hydrogen (secondary N) is 1. The average Bonchev–Trinajstić information content (AvgIpc) is 2.63. The first kappa shape index (κ1) is 10.1. The van der Waals surface area contributed by atoms with Gasteiger partial charge in [-0.3, -0.25) is 0 Å². The zero-order chi connectivity index (χ0) is 11.0. The van der Waals surface area contributed by atoms with Crippen molar-refractivity contribution >= 4 is 5.82 Å². The Balaban J connectivity index is 1.76. The predicted octanol–water partition coefficient (Wildman–Crippen LogP) is 2.57. The molecule has 3 nitrogen and oxygen atoms in total. The van der Waals surface area contributed by atoms with E-state index in [-0.39, 0.29) is 0 Å². The molecule has 86 valence electrons. The third-order valence-corrected chi connectivity index (χ3v) is 4.10. The summed E-state index contributed by atoms with van der Waals surface area (Å²) >= 11 is 0. The summed E-state index contributed by atoms with van der Waals surface area (Å²) in [5.74, 6) is 1.95. The number of aryl methyl sites for hydroxylation is 1. The molecule has 0 radical (unpaired) electrons. The van der Waals surface area contributed by atoms with Gasteiger partial charge in [0.1, 0.15) is 12.1 Å². The van der Waals surface area contributed by atoms with Gasteiger partial charge in [-0.1, -0.05) is 6.42 Å². The first-order chi connectivity index (χ1) is 7.84. The van der Waals surface area contributed by atoms with Crippen LogP contribution in [-0.4, -0.2) is 16.0 Å². The monoisotopic (exact) mass is 217 g/mol. The van der Waals surface area contributed by atoms with Crippen molar-refractivity contribution in [3.05, 3.63) is 17.6 Å². The average molecular weight is 217 g/mol. The molecule has 1 atom stereocenters. The highest BCUT2D eigenvalue weighted by Crippen LogP contribution is 2.32. The lowest BCUT2D eigenvalue weighted by atomic mass is 9.80. The minimum Gasteiger partial charge on any atom is -0.367 e. The number of aromatic nitrogens is 2. The van der Waals surface area contributed by atoms with Crippen molar-refractivity contribution in [3.63, 3.8) is 0 Å². The van der Waals surface area contributed by atoms with Crippen molar-refractivity contribution in [2.75, 3.05) is 5.32 Å². The van der Waals surface area contributed by atoms with Crippen LogP contribution in [-0.2, 0) is 12.8 Å². The van der Waals surface area contributed by atoms with Crippen molar-refractivity contribution in [2.24, 2.45) is 5.92 Å². The van der Waals surface area contributed by atoms with Crippen LogP contribution in [0.1, 0.15) is 43.9 Å². The molecule has 1 aromatic heterocycles. The Labute approximate surface area is 96.7 Å². The van der Waals surface area contributed by atoms with Crippen LogP contribution in [0.25, 0.3) is 0 Å². The molecule has 2 aliphatic carbocycles. The minimum atomic E-state index is 0.563. The van der Waals surface area contributed by atoms with Gasteiger partial charge in [-0.15, -0.1) is 0 Å². The summed E-state index contributed by atoms with van der Waals surface area (Å²) in [6.45, 7) is 2.28. The molecule has 3 rings (SSSR count). The summed E-state index contributed by atoms with van der Waals surface area (Å²) in [4.78, 5) is 8.76. The van der Waals surface area contributed by atoms with Crippen LogP contribution in [0.15, 0.2) is 6.33 Å². The molecule has 2 aliphatic rings. The van der Waals surface area contributed by atoms with Gasteiger partial charge < -0.3 is 5.32 Å². The lowest BCUT2D eigenvalue weighted by Crippen LogP contribution is -2.31. The second-order valence-corrected chi connectivity index (χ2v) is 5.13. The maximum atomic E-state index is 4.41. The van der Waals surface area contributed by atoms with Crippen molar-refractivity contribution < 1.29 is 0 Å². The fourth-order valence-corrected chi connectivity index (χ4v) is 2.76. The number of fused-ring (bicyclic) bond motifs is 1. The summed E-state index contributed by atoms with van der Waals surface area (Å²) in [6.07, 6.45) is 9.38. The number of anilines is 1. The van der Waals surface area contributed by atoms with E-state index in [0.717, 1.165) is 24.6 Å². The molecule has 1 heterocycles. The first-order valence-electron chi connectivity index (χ1n) is 6.44. The molecule has 1 saturated carbocycles. The lowest BCUT2D eigenvalue weighted by Gasteiger charge is -2.32. The zero-order valence-corrected chi connectivity index (χ0v) is 9.87. The second-order valence-electron chi connectivity index (χ2n) is 5.13. The van der Waals surface area contributed by atoms with Crippen molar-refractivity contribution in [2.45, 2.75) is 51.5 Å². The SMILES string of the molecule is CC(Nc1ncnc2c1CCC2)C1CCC1.